The van der Waals surface area contributed by atoms with Gasteiger partial charge in [0.1, 0.15) is 0 Å². The molecule has 1 unspecified atom stereocenters. The molecule has 9 nitrogen and oxygen atoms in total. The standard InChI is InChI=1S/C24H39N3O2.2C2HF3O2/c1-25-6-8-26(9-7-25)17-21-16-24(29-21)2-4-27(5-3-24)22(28)23-13-18-10-19(14-23)12-20(11-18)15-23;2*3-2(4,5)1(6)7/h18-21H,2-17H2,1H3;2*(H,6,7). The van der Waals surface area contributed by atoms with E-state index >= 15 is 0 Å². The number of ether oxygens (including phenoxy) is 1. The van der Waals surface area contributed by atoms with Crippen LogP contribution < -0.4 is 0 Å². The van der Waals surface area contributed by atoms with E-state index in [2.05, 4.69) is 21.7 Å². The maximum atomic E-state index is 13.6. The molecule has 246 valence electrons. The summed E-state index contributed by atoms with van der Waals surface area (Å²) in [6.07, 6.45) is 1.42. The second kappa shape index (κ2) is 12.7. The molecule has 4 bridgehead atoms. The second-order valence-electron chi connectivity index (χ2n) is 13.3. The van der Waals surface area contributed by atoms with Crippen molar-refractivity contribution in [3.05, 3.63) is 0 Å². The lowest BCUT2D eigenvalue weighted by Crippen LogP contribution is -2.62. The van der Waals surface area contributed by atoms with Crippen LogP contribution in [0.5, 0.6) is 0 Å². The second-order valence-corrected chi connectivity index (χ2v) is 13.3. The van der Waals surface area contributed by atoms with Gasteiger partial charge in [0.05, 0.1) is 17.1 Å². The molecular formula is C28H41F6N3O6. The van der Waals surface area contributed by atoms with Crippen molar-refractivity contribution in [3.8, 4) is 0 Å². The molecule has 1 spiro atoms. The van der Waals surface area contributed by atoms with Crippen molar-refractivity contribution >= 4 is 17.8 Å². The highest BCUT2D eigenvalue weighted by atomic mass is 19.4. The van der Waals surface area contributed by atoms with Crippen LogP contribution in [0, 0.1) is 23.2 Å². The highest BCUT2D eigenvalue weighted by Crippen LogP contribution is 2.60. The fourth-order valence-corrected chi connectivity index (χ4v) is 8.33. The largest absolute Gasteiger partial charge is 0.490 e. The van der Waals surface area contributed by atoms with E-state index in [-0.39, 0.29) is 11.0 Å². The minimum Gasteiger partial charge on any atom is -0.475 e. The number of carboxylic acids is 2. The molecule has 43 heavy (non-hydrogen) atoms. The van der Waals surface area contributed by atoms with Crippen LogP contribution in [-0.2, 0) is 19.1 Å². The van der Waals surface area contributed by atoms with Crippen LogP contribution in [0.2, 0.25) is 0 Å². The molecule has 3 saturated heterocycles. The molecule has 0 radical (unpaired) electrons. The molecular weight excluding hydrogens is 588 g/mol. The third-order valence-electron chi connectivity index (χ3n) is 10.0. The van der Waals surface area contributed by atoms with E-state index in [1.165, 1.54) is 71.1 Å². The Balaban J connectivity index is 0.000000254. The van der Waals surface area contributed by atoms with Gasteiger partial charge in [-0.3, -0.25) is 9.69 Å². The molecule has 0 aromatic carbocycles. The quantitative estimate of drug-likeness (QED) is 0.453. The van der Waals surface area contributed by atoms with Crippen LogP contribution in [0.15, 0.2) is 0 Å². The number of carbonyl (C=O) groups is 3. The summed E-state index contributed by atoms with van der Waals surface area (Å²) in [5.41, 5.74) is 0.124. The number of likely N-dealkylation sites (N-methyl/N-ethyl adjacent to an activating group) is 1. The van der Waals surface area contributed by atoms with Crippen LogP contribution in [0.3, 0.4) is 0 Å². The van der Waals surface area contributed by atoms with Crippen LogP contribution in [0.4, 0.5) is 26.3 Å². The minimum absolute atomic E-state index is 0.0314. The highest BCUT2D eigenvalue weighted by molar-refractivity contribution is 5.83. The molecule has 15 heteroatoms. The van der Waals surface area contributed by atoms with Crippen LogP contribution in [-0.4, -0.2) is 120 Å². The number of likely N-dealkylation sites (tertiary alicyclic amines) is 1. The molecule has 3 aliphatic heterocycles. The SMILES string of the molecule is CN1CCN(CC2CC3(CCN(C(=O)C45CC6CC(CC(C6)C4)C5)CC3)O2)CC1.O=C(O)C(F)(F)F.O=C(O)C(F)(F)F. The first-order chi connectivity index (χ1) is 19.9. The Hall–Kier alpha value is -2.13. The molecule has 0 aromatic rings. The average Bonchev–Trinajstić information content (AvgIpc) is 2.88. The Labute approximate surface area is 246 Å². The van der Waals surface area contributed by atoms with Gasteiger partial charge < -0.3 is 24.7 Å². The number of carboxylic acid groups (broad SMARTS) is 2. The summed E-state index contributed by atoms with van der Waals surface area (Å²) in [7, 11) is 2.21. The number of piperazine rings is 1. The number of alkyl halides is 6. The number of nitrogens with zero attached hydrogens (tertiary/aromatic N) is 3. The first-order valence-corrected chi connectivity index (χ1v) is 14.9. The topological polar surface area (TPSA) is 111 Å². The van der Waals surface area contributed by atoms with Crippen molar-refractivity contribution < 1.29 is 55.7 Å². The van der Waals surface area contributed by atoms with Gasteiger partial charge in [0.25, 0.3) is 0 Å². The molecule has 4 aliphatic carbocycles. The van der Waals surface area contributed by atoms with Crippen molar-refractivity contribution in [3.63, 3.8) is 0 Å². The van der Waals surface area contributed by atoms with Crippen LogP contribution in [0.25, 0.3) is 0 Å². The summed E-state index contributed by atoms with van der Waals surface area (Å²) in [6, 6.07) is 0. The van der Waals surface area contributed by atoms with E-state index in [9.17, 15) is 31.1 Å². The van der Waals surface area contributed by atoms with Crippen LogP contribution in [0.1, 0.15) is 57.8 Å². The number of carbonyl (C=O) groups excluding carboxylic acids is 1. The number of hydrogen-bond donors (Lipinski definition) is 2. The summed E-state index contributed by atoms with van der Waals surface area (Å²) < 4.78 is 70.0. The number of aliphatic carboxylic acids is 2. The highest BCUT2D eigenvalue weighted by Gasteiger charge is 2.57. The van der Waals surface area contributed by atoms with Crippen molar-refractivity contribution in [2.24, 2.45) is 23.2 Å². The smallest absolute Gasteiger partial charge is 0.475 e. The van der Waals surface area contributed by atoms with Crippen molar-refractivity contribution in [1.82, 2.24) is 14.7 Å². The molecule has 1 amide bonds. The summed E-state index contributed by atoms with van der Waals surface area (Å²) >= 11 is 0. The van der Waals surface area contributed by atoms with Gasteiger partial charge in [0, 0.05) is 52.2 Å². The van der Waals surface area contributed by atoms with Gasteiger partial charge in [0.15, 0.2) is 0 Å². The van der Waals surface area contributed by atoms with E-state index in [1.54, 1.807) is 0 Å². The van der Waals surface area contributed by atoms with E-state index in [0.717, 1.165) is 50.2 Å². The number of hydrogen-bond acceptors (Lipinski definition) is 6. The fraction of sp³-hybridized carbons (Fsp3) is 0.893. The van der Waals surface area contributed by atoms with Gasteiger partial charge in [-0.05, 0) is 76.2 Å². The fourth-order valence-electron chi connectivity index (χ4n) is 8.33. The zero-order valence-electron chi connectivity index (χ0n) is 24.3. The zero-order valence-corrected chi connectivity index (χ0v) is 24.3. The molecule has 7 rings (SSSR count). The van der Waals surface area contributed by atoms with E-state index in [4.69, 9.17) is 24.5 Å². The average molecular weight is 630 g/mol. The Kier molecular flexibility index (Phi) is 9.97. The number of amides is 1. The predicted molar refractivity (Wildman–Crippen MR) is 140 cm³/mol. The Morgan fingerprint density at radius 1 is 0.744 bits per heavy atom. The Morgan fingerprint density at radius 3 is 1.51 bits per heavy atom. The van der Waals surface area contributed by atoms with E-state index in [0.29, 0.717) is 12.0 Å². The van der Waals surface area contributed by atoms with E-state index < -0.39 is 24.3 Å². The molecule has 2 N–H and O–H groups in total. The van der Waals surface area contributed by atoms with Crippen molar-refractivity contribution in [1.29, 1.82) is 0 Å². The normalized spacial score (nSPS) is 33.5. The first-order valence-electron chi connectivity index (χ1n) is 14.9. The molecule has 4 saturated carbocycles. The van der Waals surface area contributed by atoms with Crippen LogP contribution >= 0.6 is 0 Å². The summed E-state index contributed by atoms with van der Waals surface area (Å²) in [6.45, 7) is 7.68. The van der Waals surface area contributed by atoms with Gasteiger partial charge in [-0.1, -0.05) is 0 Å². The minimum atomic E-state index is -5.08. The van der Waals surface area contributed by atoms with Gasteiger partial charge in [-0.15, -0.1) is 0 Å². The summed E-state index contributed by atoms with van der Waals surface area (Å²) in [4.78, 5) is 38.6. The summed E-state index contributed by atoms with van der Waals surface area (Å²) in [5.74, 6) is -2.43. The molecule has 1 atom stereocenters. The van der Waals surface area contributed by atoms with Gasteiger partial charge in [0.2, 0.25) is 5.91 Å². The van der Waals surface area contributed by atoms with Gasteiger partial charge >= 0.3 is 24.3 Å². The van der Waals surface area contributed by atoms with E-state index in [1.807, 2.05) is 0 Å². The lowest BCUT2D eigenvalue weighted by molar-refractivity contribution is -0.231. The lowest BCUT2D eigenvalue weighted by Gasteiger charge is -2.58. The molecule has 7 aliphatic rings. The maximum Gasteiger partial charge on any atom is 0.490 e. The third kappa shape index (κ3) is 8.33. The van der Waals surface area contributed by atoms with Gasteiger partial charge in [-0.2, -0.15) is 26.3 Å². The monoisotopic (exact) mass is 629 g/mol. The number of piperidine rings is 1. The van der Waals surface area contributed by atoms with Gasteiger partial charge in [-0.25, -0.2) is 9.59 Å². The Morgan fingerprint density at radius 2 is 1.14 bits per heavy atom. The molecule has 0 aromatic heterocycles. The zero-order chi connectivity index (χ0) is 31.8. The lowest BCUT2D eigenvalue weighted by atomic mass is 9.49. The maximum absolute atomic E-state index is 13.6. The summed E-state index contributed by atoms with van der Waals surface area (Å²) in [5, 5.41) is 14.2. The molecule has 3 heterocycles. The number of halogens is 6. The van der Waals surface area contributed by atoms with Crippen molar-refractivity contribution in [2.45, 2.75) is 81.8 Å². The number of rotatable bonds is 3. The predicted octanol–water partition coefficient (Wildman–Crippen LogP) is 3.87. The Bertz CT molecular complexity index is 954. The molecule has 7 fully saturated rings. The first kappa shape index (κ1) is 33.8. The third-order valence-corrected chi connectivity index (χ3v) is 10.0. The van der Waals surface area contributed by atoms with Crippen molar-refractivity contribution in [2.75, 3.05) is 52.9 Å².